The van der Waals surface area contributed by atoms with Crippen molar-refractivity contribution in [3.63, 3.8) is 0 Å². The Labute approximate surface area is 231 Å². The number of ether oxygens (including phenoxy) is 1. The van der Waals surface area contributed by atoms with E-state index in [0.717, 1.165) is 41.7 Å². The molecule has 0 aliphatic rings. The third-order valence-corrected chi connectivity index (χ3v) is 6.66. The van der Waals surface area contributed by atoms with E-state index in [2.05, 4.69) is 10.4 Å². The van der Waals surface area contributed by atoms with Gasteiger partial charge in [0.2, 0.25) is 0 Å². The number of anilines is 1. The molecule has 0 atom stereocenters. The second-order valence-electron chi connectivity index (χ2n) is 8.57. The van der Waals surface area contributed by atoms with E-state index in [9.17, 15) is 27.7 Å². The first kappa shape index (κ1) is 29.7. The molecule has 0 aliphatic heterocycles. The van der Waals surface area contributed by atoms with E-state index in [-0.39, 0.29) is 22.8 Å². The number of rotatable bonds is 7. The number of amides is 1. The van der Waals surface area contributed by atoms with Crippen molar-refractivity contribution in [1.29, 1.82) is 0 Å². The minimum Gasteiger partial charge on any atom is -0.744 e. The number of hydrogen-bond donors (Lipinski definition) is 3. The number of aromatic hydroxyl groups is 1. The van der Waals surface area contributed by atoms with Gasteiger partial charge in [-0.25, -0.2) is 8.42 Å². The molecule has 4 N–H and O–H groups in total. The maximum atomic E-state index is 12.2. The summed E-state index contributed by atoms with van der Waals surface area (Å²) in [5, 5.41) is 16.4. The van der Waals surface area contributed by atoms with Gasteiger partial charge in [0.1, 0.15) is 27.3 Å². The Morgan fingerprint density at radius 1 is 0.900 bits per heavy atom. The van der Waals surface area contributed by atoms with Crippen molar-refractivity contribution in [2.24, 2.45) is 5.11 Å². The molecule has 40 heavy (non-hydrogen) atoms. The van der Waals surface area contributed by atoms with Crippen LogP contribution in [0.3, 0.4) is 0 Å². The van der Waals surface area contributed by atoms with E-state index in [1.165, 1.54) is 12.1 Å². The van der Waals surface area contributed by atoms with Crippen LogP contribution in [0.15, 0.2) is 94.9 Å². The molecule has 4 aromatic rings. The van der Waals surface area contributed by atoms with Crippen LogP contribution >= 0.6 is 0 Å². The first-order valence-corrected chi connectivity index (χ1v) is 13.2. The maximum Gasteiger partial charge on any atom is 0.255 e. The molecule has 0 fully saturated rings. The summed E-state index contributed by atoms with van der Waals surface area (Å²) in [4.78, 5) is 23.6. The molecule has 0 bridgehead atoms. The number of phenols is 1. The summed E-state index contributed by atoms with van der Waals surface area (Å²) in [5.41, 5.74) is 9.27. The number of methoxy groups -OCH3 is 1. The highest BCUT2D eigenvalue weighted by atomic mass is 32.2. The summed E-state index contributed by atoms with van der Waals surface area (Å²) in [6.45, 7) is 3.82. The van der Waals surface area contributed by atoms with Gasteiger partial charge in [0.25, 0.3) is 5.91 Å². The van der Waals surface area contributed by atoms with E-state index in [1.807, 2.05) is 44.2 Å². The lowest BCUT2D eigenvalue weighted by molar-refractivity contribution is -0.210. The molecule has 4 rings (SSSR count). The number of nitrogens with two attached hydrogens (primary N) is 1. The standard InChI is InChI=1S/C15H15N3O.C14H12O6S/c1-10-9-14(18-16)11(2)8-13(10)17-15(19)12-6-4-3-5-7-12;1-20-12-8-11(15)10(7-13(12)21(17,18)19)14(16)9-5-3-2-4-6-9/h3-9,16H,1-2H3,(H,17,19);2-8,15H,1H3,(H,17,18,19). The molecule has 0 spiro atoms. The van der Waals surface area contributed by atoms with Gasteiger partial charge < -0.3 is 19.7 Å². The van der Waals surface area contributed by atoms with Gasteiger partial charge in [-0.15, -0.1) is 0 Å². The summed E-state index contributed by atoms with van der Waals surface area (Å²) in [7, 11) is -3.68. The van der Waals surface area contributed by atoms with Crippen LogP contribution in [0.25, 0.3) is 0 Å². The van der Waals surface area contributed by atoms with Gasteiger partial charge >= 0.3 is 0 Å². The molecular weight excluding hydrogens is 534 g/mol. The highest BCUT2D eigenvalue weighted by Gasteiger charge is 2.20. The molecule has 1 amide bonds. The lowest BCUT2D eigenvalue weighted by Crippen LogP contribution is -2.22. The maximum absolute atomic E-state index is 12.2. The van der Waals surface area contributed by atoms with Crippen molar-refractivity contribution >= 4 is 33.2 Å². The van der Waals surface area contributed by atoms with Gasteiger partial charge in [-0.1, -0.05) is 48.5 Å². The lowest BCUT2D eigenvalue weighted by Gasteiger charge is -2.14. The SMILES string of the molecule is COc1cc(O)c(C(=O)c2ccccc2)cc1S(=O)(=O)[O-].Cc1cc(NC(=O)c2ccccc2)c(C)cc1N=[NH2+]. The van der Waals surface area contributed by atoms with Crippen molar-refractivity contribution in [1.82, 2.24) is 0 Å². The van der Waals surface area contributed by atoms with Crippen molar-refractivity contribution in [3.05, 3.63) is 113 Å². The van der Waals surface area contributed by atoms with Crippen LogP contribution in [0.4, 0.5) is 11.4 Å². The Bertz CT molecular complexity index is 1660. The van der Waals surface area contributed by atoms with Gasteiger partial charge in [-0.3, -0.25) is 9.59 Å². The topological polar surface area (TPSA) is 171 Å². The number of hydrogen-bond acceptors (Lipinski definition) is 8. The number of ketones is 1. The van der Waals surface area contributed by atoms with Crippen molar-refractivity contribution < 1.29 is 37.9 Å². The minimum absolute atomic E-state index is 0.125. The third-order valence-electron chi connectivity index (χ3n) is 5.80. The number of phenolic OH excluding ortho intramolecular Hbond substituents is 1. The molecule has 0 saturated heterocycles. The van der Waals surface area contributed by atoms with Crippen LogP contribution in [0.5, 0.6) is 11.5 Å². The first-order chi connectivity index (χ1) is 19.0. The number of carbonyl (C=O) groups is 2. The average molecular weight is 562 g/mol. The van der Waals surface area contributed by atoms with Gasteiger partial charge in [0, 0.05) is 22.9 Å². The van der Waals surface area contributed by atoms with Crippen LogP contribution in [-0.4, -0.2) is 36.9 Å². The molecule has 10 nitrogen and oxygen atoms in total. The number of aryl methyl sites for hydroxylation is 2. The molecule has 0 radical (unpaired) electrons. The largest absolute Gasteiger partial charge is 0.744 e. The Morgan fingerprint density at radius 3 is 2.00 bits per heavy atom. The van der Waals surface area contributed by atoms with Crippen LogP contribution in [0, 0.1) is 13.8 Å². The minimum atomic E-state index is -4.84. The second-order valence-corrected chi connectivity index (χ2v) is 9.92. The third kappa shape index (κ3) is 7.16. The number of nitrogens with one attached hydrogen (secondary N) is 1. The summed E-state index contributed by atoms with van der Waals surface area (Å²) in [6, 6.07) is 22.6. The van der Waals surface area contributed by atoms with Crippen molar-refractivity contribution in [3.8, 4) is 11.5 Å². The van der Waals surface area contributed by atoms with E-state index in [4.69, 9.17) is 10.3 Å². The van der Waals surface area contributed by atoms with Crippen LogP contribution in [0.2, 0.25) is 0 Å². The predicted molar refractivity (Wildman–Crippen MR) is 147 cm³/mol. The van der Waals surface area contributed by atoms with Gasteiger partial charge in [-0.2, -0.15) is 5.53 Å². The Morgan fingerprint density at radius 2 is 1.48 bits per heavy atom. The fourth-order valence-electron chi connectivity index (χ4n) is 3.69. The van der Waals surface area contributed by atoms with E-state index in [0.29, 0.717) is 5.56 Å². The summed E-state index contributed by atoms with van der Waals surface area (Å²) in [5.74, 6) is -1.50. The van der Waals surface area contributed by atoms with Crippen molar-refractivity contribution in [2.45, 2.75) is 18.7 Å². The zero-order valence-electron chi connectivity index (χ0n) is 21.9. The lowest BCUT2D eigenvalue weighted by atomic mass is 10.0. The zero-order valence-corrected chi connectivity index (χ0v) is 22.7. The predicted octanol–water partition coefficient (Wildman–Crippen LogP) is 3.93. The normalized spacial score (nSPS) is 10.6. The first-order valence-electron chi connectivity index (χ1n) is 11.8. The second kappa shape index (κ2) is 12.8. The van der Waals surface area contributed by atoms with Crippen LogP contribution in [-0.2, 0) is 10.1 Å². The molecule has 0 saturated carbocycles. The molecular formula is C29H27N3O7S. The Balaban J connectivity index is 0.000000222. The smallest absolute Gasteiger partial charge is 0.255 e. The summed E-state index contributed by atoms with van der Waals surface area (Å²) in [6.07, 6.45) is 0. The highest BCUT2D eigenvalue weighted by molar-refractivity contribution is 7.85. The number of carbonyl (C=O) groups excluding carboxylic acids is 2. The van der Waals surface area contributed by atoms with Crippen LogP contribution < -0.4 is 15.6 Å². The highest BCUT2D eigenvalue weighted by Crippen LogP contribution is 2.32. The molecule has 0 heterocycles. The summed E-state index contributed by atoms with van der Waals surface area (Å²) >= 11 is 0. The van der Waals surface area contributed by atoms with E-state index < -0.39 is 26.5 Å². The monoisotopic (exact) mass is 561 g/mol. The Hall–Kier alpha value is -4.87. The summed E-state index contributed by atoms with van der Waals surface area (Å²) < 4.78 is 38.4. The average Bonchev–Trinajstić information content (AvgIpc) is 2.94. The van der Waals surface area contributed by atoms with Crippen LogP contribution in [0.1, 0.15) is 37.4 Å². The van der Waals surface area contributed by atoms with Gasteiger partial charge in [0.15, 0.2) is 5.78 Å². The van der Waals surface area contributed by atoms with Gasteiger partial charge in [-0.05, 0) is 60.4 Å². The fraction of sp³-hybridized carbons (Fsp3) is 0.103. The molecule has 0 unspecified atom stereocenters. The van der Waals surface area contributed by atoms with E-state index >= 15 is 0 Å². The fourth-order valence-corrected chi connectivity index (χ4v) is 4.34. The Kier molecular flexibility index (Phi) is 9.49. The molecule has 4 aromatic carbocycles. The van der Waals surface area contributed by atoms with Crippen molar-refractivity contribution in [2.75, 3.05) is 12.4 Å². The molecule has 0 aliphatic carbocycles. The molecule has 0 aromatic heterocycles. The molecule has 206 valence electrons. The zero-order chi connectivity index (χ0) is 29.4. The quantitative estimate of drug-likeness (QED) is 0.174. The molecule has 11 heteroatoms. The number of benzene rings is 4. The van der Waals surface area contributed by atoms with E-state index in [1.54, 1.807) is 30.3 Å². The number of nitrogens with zero attached hydrogens (tertiary/aromatic N) is 1. The van der Waals surface area contributed by atoms with Gasteiger partial charge in [0.05, 0.1) is 17.6 Å².